The van der Waals surface area contributed by atoms with Crippen LogP contribution in [0, 0.1) is 5.82 Å². The number of amides is 1. The third-order valence-corrected chi connectivity index (χ3v) is 8.72. The first-order valence-corrected chi connectivity index (χ1v) is 17.7. The van der Waals surface area contributed by atoms with Gasteiger partial charge in [0.05, 0.1) is 29.9 Å². The summed E-state index contributed by atoms with van der Waals surface area (Å²) in [6.07, 6.45) is 12.3. The van der Waals surface area contributed by atoms with Crippen molar-refractivity contribution in [2.24, 2.45) is 0 Å². The highest BCUT2D eigenvalue weighted by molar-refractivity contribution is 6.08. The fraction of sp³-hybridized carbons (Fsp3) is 0.429. The van der Waals surface area contributed by atoms with Crippen LogP contribution in [0.3, 0.4) is 0 Å². The summed E-state index contributed by atoms with van der Waals surface area (Å²) in [6.45, 7) is 14.0. The number of ether oxygens (including phenoxy) is 3. The van der Waals surface area contributed by atoms with E-state index in [0.717, 1.165) is 28.9 Å². The molecule has 1 saturated heterocycles. The summed E-state index contributed by atoms with van der Waals surface area (Å²) < 4.78 is 34.8. The lowest BCUT2D eigenvalue weighted by Gasteiger charge is -2.41. The molecule has 0 saturated carbocycles. The van der Waals surface area contributed by atoms with E-state index in [-0.39, 0.29) is 42.2 Å². The molecule has 2 aliphatic rings. The van der Waals surface area contributed by atoms with Crippen molar-refractivity contribution in [1.82, 2.24) is 4.57 Å². The molecule has 0 bridgehead atoms. The van der Waals surface area contributed by atoms with Crippen LogP contribution in [0.2, 0.25) is 0 Å². The molecule has 1 aromatic heterocycles. The number of nitrogens with one attached hydrogen (secondary N) is 1. The van der Waals surface area contributed by atoms with Crippen molar-refractivity contribution >= 4 is 17.6 Å². The summed E-state index contributed by atoms with van der Waals surface area (Å²) in [5.41, 5.74) is 5.46. The van der Waals surface area contributed by atoms with Gasteiger partial charge >= 0.3 is 5.97 Å². The maximum atomic E-state index is 14.4. The van der Waals surface area contributed by atoms with E-state index in [1.54, 1.807) is 12.1 Å². The van der Waals surface area contributed by atoms with E-state index in [9.17, 15) is 14.0 Å². The number of rotatable bonds is 11. The van der Waals surface area contributed by atoms with Gasteiger partial charge in [-0.25, -0.2) is 4.39 Å². The van der Waals surface area contributed by atoms with Gasteiger partial charge in [0.1, 0.15) is 11.4 Å². The number of para-hydroxylation sites is 1. The monoisotopic (exact) mass is 682 g/mol. The summed E-state index contributed by atoms with van der Waals surface area (Å²) in [5, 5.41) is 3.16. The van der Waals surface area contributed by atoms with E-state index >= 15 is 0 Å². The predicted molar refractivity (Wildman–Crippen MR) is 197 cm³/mol. The predicted octanol–water partition coefficient (Wildman–Crippen LogP) is 9.69. The summed E-state index contributed by atoms with van der Waals surface area (Å²) in [7, 11) is 0. The molecule has 8 heteroatoms. The number of allylic oxidation sites excluding steroid dienone is 6. The molecule has 1 N–H and O–H groups in total. The average Bonchev–Trinajstić information content (AvgIpc) is 3.13. The fourth-order valence-electron chi connectivity index (χ4n) is 6.95. The summed E-state index contributed by atoms with van der Waals surface area (Å²) in [6, 6.07) is 16.0. The standard InChI is InChI=1S/C42H51FN2O5/c1-28(2)38-37(40(47)44-32-17-13-10-14-18-32)35(25-29-15-11-8-9-12-16-29)39(30-19-21-31(43)22-20-30)45(38)24-23-33-26-34(49-42(6,7)48-33)27-36(46)50-41(3,4)5/h8-15,17-22,28,33-34H,16,23-27H2,1-7H3,(H,44,47). The molecule has 1 aliphatic heterocycles. The number of hydrogen-bond acceptors (Lipinski definition) is 5. The van der Waals surface area contributed by atoms with E-state index in [2.05, 4.69) is 35.9 Å². The topological polar surface area (TPSA) is 78.8 Å². The van der Waals surface area contributed by atoms with Crippen molar-refractivity contribution in [2.45, 2.75) is 117 Å². The summed E-state index contributed by atoms with van der Waals surface area (Å²) in [4.78, 5) is 27.2. The summed E-state index contributed by atoms with van der Waals surface area (Å²) >= 11 is 0. The number of aromatic nitrogens is 1. The molecule has 50 heavy (non-hydrogen) atoms. The number of hydrogen-bond donors (Lipinski definition) is 1. The first-order valence-electron chi connectivity index (χ1n) is 17.7. The first-order chi connectivity index (χ1) is 23.7. The number of anilines is 1. The molecule has 1 amide bonds. The second-order valence-electron chi connectivity index (χ2n) is 14.9. The first kappa shape index (κ1) is 37.0. The van der Waals surface area contributed by atoms with E-state index in [0.29, 0.717) is 37.1 Å². The lowest BCUT2D eigenvalue weighted by atomic mass is 9.93. The number of benzene rings is 2. The minimum absolute atomic E-state index is 0.0191. The molecule has 2 unspecified atom stereocenters. The van der Waals surface area contributed by atoms with Crippen LogP contribution >= 0.6 is 0 Å². The lowest BCUT2D eigenvalue weighted by Crippen LogP contribution is -2.46. The third-order valence-electron chi connectivity index (χ3n) is 8.72. The molecule has 1 fully saturated rings. The molecular formula is C42H51FN2O5. The Hall–Kier alpha value is -4.27. The highest BCUT2D eigenvalue weighted by Crippen LogP contribution is 2.39. The van der Waals surface area contributed by atoms with E-state index < -0.39 is 11.4 Å². The van der Waals surface area contributed by atoms with Gasteiger partial charge < -0.3 is 24.1 Å². The Balaban J connectivity index is 1.58. The molecule has 2 heterocycles. The van der Waals surface area contributed by atoms with Crippen LogP contribution < -0.4 is 5.32 Å². The van der Waals surface area contributed by atoms with Crippen molar-refractivity contribution in [2.75, 3.05) is 5.32 Å². The number of nitrogens with zero attached hydrogens (tertiary/aromatic N) is 1. The van der Waals surface area contributed by atoms with Crippen LogP contribution in [0.25, 0.3) is 11.3 Å². The zero-order valence-electron chi connectivity index (χ0n) is 30.4. The van der Waals surface area contributed by atoms with Crippen LogP contribution in [-0.2, 0) is 32.0 Å². The van der Waals surface area contributed by atoms with E-state index in [1.807, 2.05) is 83.2 Å². The molecular weight excluding hydrogens is 631 g/mol. The van der Waals surface area contributed by atoms with Crippen molar-refractivity contribution < 1.29 is 28.2 Å². The van der Waals surface area contributed by atoms with Crippen LogP contribution in [-0.4, -0.2) is 40.0 Å². The van der Waals surface area contributed by atoms with Gasteiger partial charge in [-0.15, -0.1) is 0 Å². The molecule has 266 valence electrons. The average molecular weight is 683 g/mol. The third kappa shape index (κ3) is 9.70. The molecule has 2 atom stereocenters. The van der Waals surface area contributed by atoms with Gasteiger partial charge in [-0.2, -0.15) is 0 Å². The molecule has 5 rings (SSSR count). The Morgan fingerprint density at radius 1 is 1.00 bits per heavy atom. The Morgan fingerprint density at radius 2 is 1.70 bits per heavy atom. The van der Waals surface area contributed by atoms with Crippen LogP contribution in [0.1, 0.15) is 102 Å². The second-order valence-corrected chi connectivity index (χ2v) is 14.9. The Bertz CT molecular complexity index is 1740. The van der Waals surface area contributed by atoms with Crippen molar-refractivity contribution in [3.8, 4) is 11.3 Å². The molecule has 0 spiro atoms. The maximum Gasteiger partial charge on any atom is 0.308 e. The number of carbonyl (C=O) groups is 2. The zero-order chi connectivity index (χ0) is 36.1. The summed E-state index contributed by atoms with van der Waals surface area (Å²) in [5.74, 6) is -1.73. The van der Waals surface area contributed by atoms with Crippen LogP contribution in [0.4, 0.5) is 10.1 Å². The second kappa shape index (κ2) is 15.7. The van der Waals surface area contributed by atoms with Gasteiger partial charge in [0.15, 0.2) is 5.79 Å². The zero-order valence-corrected chi connectivity index (χ0v) is 30.4. The number of carbonyl (C=O) groups excluding carboxylic acids is 2. The van der Waals surface area contributed by atoms with Gasteiger partial charge in [0, 0.05) is 24.3 Å². The normalized spacial score (nSPS) is 18.9. The Labute approximate surface area is 296 Å². The van der Waals surface area contributed by atoms with Gasteiger partial charge in [0.25, 0.3) is 5.91 Å². The lowest BCUT2D eigenvalue weighted by molar-refractivity contribution is -0.301. The highest BCUT2D eigenvalue weighted by Gasteiger charge is 2.38. The molecule has 3 aromatic rings. The maximum absolute atomic E-state index is 14.4. The quantitative estimate of drug-likeness (QED) is 0.204. The van der Waals surface area contributed by atoms with Crippen LogP contribution in [0.5, 0.6) is 0 Å². The minimum Gasteiger partial charge on any atom is -0.460 e. The van der Waals surface area contributed by atoms with Crippen molar-refractivity contribution in [1.29, 1.82) is 0 Å². The van der Waals surface area contributed by atoms with E-state index in [4.69, 9.17) is 14.2 Å². The largest absolute Gasteiger partial charge is 0.460 e. The fourth-order valence-corrected chi connectivity index (χ4v) is 6.95. The SMILES string of the molecule is CC(C)c1c(C(=O)Nc2ccccc2)c(CC2=CC=CC=CC2)c(-c2ccc(F)cc2)n1CCC1CC(CC(=O)OC(C)(C)C)OC(C)(C)O1. The molecule has 2 aromatic carbocycles. The Morgan fingerprint density at radius 3 is 2.38 bits per heavy atom. The number of halogens is 1. The van der Waals surface area contributed by atoms with Gasteiger partial charge in [0.2, 0.25) is 0 Å². The van der Waals surface area contributed by atoms with Gasteiger partial charge in [-0.3, -0.25) is 9.59 Å². The molecule has 1 aliphatic carbocycles. The molecule has 0 radical (unpaired) electrons. The Kier molecular flexibility index (Phi) is 11.6. The van der Waals surface area contributed by atoms with Gasteiger partial charge in [-0.1, -0.05) is 68.0 Å². The number of esters is 1. The molecule has 7 nitrogen and oxygen atoms in total. The van der Waals surface area contributed by atoms with Crippen molar-refractivity contribution in [3.63, 3.8) is 0 Å². The smallest absolute Gasteiger partial charge is 0.308 e. The minimum atomic E-state index is -0.897. The van der Waals surface area contributed by atoms with Crippen molar-refractivity contribution in [3.05, 3.63) is 113 Å². The highest BCUT2D eigenvalue weighted by atomic mass is 19.1. The van der Waals surface area contributed by atoms with E-state index in [1.165, 1.54) is 17.7 Å². The van der Waals surface area contributed by atoms with Crippen LogP contribution in [0.15, 0.2) is 90.6 Å². The van der Waals surface area contributed by atoms with Gasteiger partial charge in [-0.05, 0) is 107 Å².